The van der Waals surface area contributed by atoms with Crippen LogP contribution in [0.5, 0.6) is 6.01 Å². The van der Waals surface area contributed by atoms with Crippen molar-refractivity contribution in [1.29, 1.82) is 0 Å². The van der Waals surface area contributed by atoms with Gasteiger partial charge in [-0.15, -0.1) is 10.2 Å². The van der Waals surface area contributed by atoms with Gasteiger partial charge in [0.25, 0.3) is 5.56 Å². The van der Waals surface area contributed by atoms with Crippen LogP contribution in [0.15, 0.2) is 95.8 Å². The van der Waals surface area contributed by atoms with Crippen molar-refractivity contribution in [2.24, 2.45) is 0 Å². The van der Waals surface area contributed by atoms with Gasteiger partial charge in [0.15, 0.2) is 12.4 Å². The first-order valence-electron chi connectivity index (χ1n) is 11.2. The van der Waals surface area contributed by atoms with Gasteiger partial charge in [-0.3, -0.25) is 4.79 Å². The fourth-order valence-electron chi connectivity index (χ4n) is 3.73. The van der Waals surface area contributed by atoms with Crippen LogP contribution < -0.4 is 14.8 Å². The third kappa shape index (κ3) is 4.35. The van der Waals surface area contributed by atoms with Crippen LogP contribution >= 0.6 is 11.3 Å². The van der Waals surface area contributed by atoms with Crippen LogP contribution in [0.25, 0.3) is 33.6 Å². The smallest absolute Gasteiger partial charge is 0.336 e. The fourth-order valence-corrected chi connectivity index (χ4v) is 4.65. The predicted octanol–water partition coefficient (Wildman–Crippen LogP) is 3.80. The Balaban J connectivity index is 1.28. The molecule has 0 saturated heterocycles. The second-order valence-corrected chi connectivity index (χ2v) is 8.87. The summed E-state index contributed by atoms with van der Waals surface area (Å²) in [5, 5.41) is 12.9. The van der Waals surface area contributed by atoms with Crippen LogP contribution in [-0.4, -0.2) is 29.8 Å². The Bertz CT molecular complexity index is 1750. The molecule has 0 bridgehead atoms. The van der Waals surface area contributed by atoms with Crippen LogP contribution in [0.1, 0.15) is 11.4 Å². The SMILES string of the molecule is O=c1/c(=C\c2ccccc2)sc2nc(COc3nnc(-c4ccccc4)c(-c4ccccc4)n3)nn12. The molecule has 6 aromatic rings. The molecule has 0 aliphatic rings. The molecule has 0 fully saturated rings. The Morgan fingerprint density at radius 3 is 2.08 bits per heavy atom. The van der Waals surface area contributed by atoms with Crippen molar-refractivity contribution < 1.29 is 4.74 Å². The zero-order chi connectivity index (χ0) is 24.3. The number of rotatable bonds is 6. The Hall–Kier alpha value is -4.76. The lowest BCUT2D eigenvalue weighted by atomic mass is 10.0. The van der Waals surface area contributed by atoms with Crippen molar-refractivity contribution >= 4 is 22.4 Å². The highest BCUT2D eigenvalue weighted by molar-refractivity contribution is 7.15. The molecule has 0 N–H and O–H groups in total. The summed E-state index contributed by atoms with van der Waals surface area (Å²) < 4.78 is 7.65. The number of aromatic nitrogens is 6. The number of fused-ring (bicyclic) bond motifs is 1. The van der Waals surface area contributed by atoms with Crippen LogP contribution in [0.3, 0.4) is 0 Å². The maximum absolute atomic E-state index is 12.8. The first-order chi connectivity index (χ1) is 17.7. The van der Waals surface area contributed by atoms with E-state index in [1.165, 1.54) is 15.9 Å². The zero-order valence-electron chi connectivity index (χ0n) is 18.9. The Labute approximate surface area is 209 Å². The van der Waals surface area contributed by atoms with Crippen LogP contribution in [0.2, 0.25) is 0 Å². The highest BCUT2D eigenvalue weighted by Gasteiger charge is 2.16. The van der Waals surface area contributed by atoms with Crippen LogP contribution in [-0.2, 0) is 6.61 Å². The summed E-state index contributed by atoms with van der Waals surface area (Å²) in [6, 6.07) is 29.3. The lowest BCUT2D eigenvalue weighted by Gasteiger charge is -2.09. The van der Waals surface area contributed by atoms with Crippen molar-refractivity contribution in [1.82, 2.24) is 29.8 Å². The van der Waals surface area contributed by atoms with E-state index in [2.05, 4.69) is 25.3 Å². The third-order valence-corrected chi connectivity index (χ3v) is 6.37. The molecule has 8 nitrogen and oxygen atoms in total. The van der Waals surface area contributed by atoms with Crippen molar-refractivity contribution in [3.8, 4) is 28.5 Å². The van der Waals surface area contributed by atoms with Crippen molar-refractivity contribution in [2.45, 2.75) is 6.61 Å². The van der Waals surface area contributed by atoms with Crippen LogP contribution in [0, 0.1) is 0 Å². The average molecular weight is 491 g/mol. The number of nitrogens with zero attached hydrogens (tertiary/aromatic N) is 6. The number of hydrogen-bond acceptors (Lipinski definition) is 8. The van der Waals surface area contributed by atoms with Gasteiger partial charge in [-0.2, -0.15) is 14.5 Å². The van der Waals surface area contributed by atoms with Crippen molar-refractivity contribution in [2.75, 3.05) is 0 Å². The van der Waals surface area contributed by atoms with Crippen LogP contribution in [0.4, 0.5) is 0 Å². The fraction of sp³-hybridized carbons (Fsp3) is 0.0370. The summed E-state index contributed by atoms with van der Waals surface area (Å²) in [4.78, 5) is 22.3. The number of hydrogen-bond donors (Lipinski definition) is 0. The highest BCUT2D eigenvalue weighted by atomic mass is 32.1. The second kappa shape index (κ2) is 9.47. The molecule has 6 rings (SSSR count). The zero-order valence-corrected chi connectivity index (χ0v) is 19.7. The molecule has 0 spiro atoms. The van der Waals surface area contributed by atoms with E-state index in [9.17, 15) is 4.79 Å². The largest absolute Gasteiger partial charge is 0.454 e. The molecule has 0 aliphatic heterocycles. The first-order valence-corrected chi connectivity index (χ1v) is 12.0. The Morgan fingerprint density at radius 1 is 0.778 bits per heavy atom. The van der Waals surface area contributed by atoms with E-state index in [1.807, 2.05) is 97.1 Å². The van der Waals surface area contributed by atoms with E-state index < -0.39 is 0 Å². The number of ether oxygens (including phenoxy) is 1. The van der Waals surface area contributed by atoms with E-state index in [1.54, 1.807) is 0 Å². The molecule has 3 heterocycles. The summed E-state index contributed by atoms with van der Waals surface area (Å²) in [7, 11) is 0. The molecular formula is C27H18N6O2S. The summed E-state index contributed by atoms with van der Waals surface area (Å²) in [6.45, 7) is 0.00612. The van der Waals surface area contributed by atoms with Gasteiger partial charge in [-0.05, 0) is 11.6 Å². The summed E-state index contributed by atoms with van der Waals surface area (Å²) in [5.41, 5.74) is 3.86. The predicted molar refractivity (Wildman–Crippen MR) is 137 cm³/mol. The molecule has 0 amide bonds. The first kappa shape index (κ1) is 21.8. The standard InChI is InChI=1S/C27H18N6O2S/c34-25-21(16-18-10-4-1-5-11-18)36-27-28-22(32-33(25)27)17-35-26-29-23(19-12-6-2-7-13-19)24(30-31-26)20-14-8-3-9-15-20/h1-16H,17H2/b21-16+. The maximum Gasteiger partial charge on any atom is 0.336 e. The summed E-state index contributed by atoms with van der Waals surface area (Å²) in [6.07, 6.45) is 1.83. The Kier molecular flexibility index (Phi) is 5.72. The monoisotopic (exact) mass is 490 g/mol. The van der Waals surface area contributed by atoms with Gasteiger partial charge in [0.05, 0.1) is 4.53 Å². The average Bonchev–Trinajstić information content (AvgIpc) is 3.47. The number of benzene rings is 3. The molecule has 9 heteroatoms. The molecule has 3 aromatic heterocycles. The summed E-state index contributed by atoms with van der Waals surface area (Å²) >= 11 is 1.28. The summed E-state index contributed by atoms with van der Waals surface area (Å²) in [5.74, 6) is 0.363. The van der Waals surface area contributed by atoms with Gasteiger partial charge < -0.3 is 4.74 Å². The van der Waals surface area contributed by atoms with Gasteiger partial charge in [0, 0.05) is 11.1 Å². The highest BCUT2D eigenvalue weighted by Crippen LogP contribution is 2.29. The van der Waals surface area contributed by atoms with E-state index in [0.717, 1.165) is 16.7 Å². The minimum atomic E-state index is -0.214. The molecule has 0 atom stereocenters. The lowest BCUT2D eigenvalue weighted by molar-refractivity contribution is 0.268. The minimum Gasteiger partial charge on any atom is -0.454 e. The topological polar surface area (TPSA) is 95.2 Å². The molecule has 174 valence electrons. The molecule has 0 aliphatic carbocycles. The Morgan fingerprint density at radius 2 is 1.42 bits per heavy atom. The normalized spacial score (nSPS) is 11.7. The van der Waals surface area contributed by atoms with Crippen molar-refractivity contribution in [3.05, 3.63) is 117 Å². The third-order valence-electron chi connectivity index (χ3n) is 5.42. The van der Waals surface area contributed by atoms with E-state index >= 15 is 0 Å². The van der Waals surface area contributed by atoms with Gasteiger partial charge in [0.2, 0.25) is 4.96 Å². The molecule has 0 radical (unpaired) electrons. The van der Waals surface area contributed by atoms with E-state index in [4.69, 9.17) is 4.74 Å². The van der Waals surface area contributed by atoms with Gasteiger partial charge in [-0.1, -0.05) is 107 Å². The molecule has 0 unspecified atom stereocenters. The molecular weight excluding hydrogens is 472 g/mol. The van der Waals surface area contributed by atoms with E-state index in [-0.39, 0.29) is 18.2 Å². The van der Waals surface area contributed by atoms with Gasteiger partial charge in [0.1, 0.15) is 11.4 Å². The van der Waals surface area contributed by atoms with Gasteiger partial charge >= 0.3 is 6.01 Å². The molecule has 0 saturated carbocycles. The van der Waals surface area contributed by atoms with Gasteiger partial charge in [-0.25, -0.2) is 0 Å². The van der Waals surface area contributed by atoms with E-state index in [0.29, 0.717) is 26.7 Å². The number of thiazole rings is 1. The van der Waals surface area contributed by atoms with Crippen molar-refractivity contribution in [3.63, 3.8) is 0 Å². The lowest BCUT2D eigenvalue weighted by Crippen LogP contribution is -2.23. The minimum absolute atomic E-state index is 0.00612. The maximum atomic E-state index is 12.8. The second-order valence-electron chi connectivity index (χ2n) is 7.86. The molecule has 36 heavy (non-hydrogen) atoms. The molecule has 3 aromatic carbocycles. The quantitative estimate of drug-likeness (QED) is 0.350.